The molecule has 29 heavy (non-hydrogen) atoms. The Morgan fingerprint density at radius 2 is 1.66 bits per heavy atom. The molecule has 0 aliphatic heterocycles. The van der Waals surface area contributed by atoms with Gasteiger partial charge in [-0.1, -0.05) is 11.6 Å². The summed E-state index contributed by atoms with van der Waals surface area (Å²) in [4.78, 5) is 12.9. The van der Waals surface area contributed by atoms with Crippen molar-refractivity contribution >= 4 is 38.9 Å². The second-order valence-electron chi connectivity index (χ2n) is 6.11. The van der Waals surface area contributed by atoms with Gasteiger partial charge < -0.3 is 19.5 Å². The smallest absolute Gasteiger partial charge is 0.248 e. The van der Waals surface area contributed by atoms with E-state index in [1.165, 1.54) is 40.4 Å². The predicted molar refractivity (Wildman–Crippen MR) is 113 cm³/mol. The zero-order valence-corrected chi connectivity index (χ0v) is 18.3. The maximum absolute atomic E-state index is 12.9. The Balaban J connectivity index is 2.47. The van der Waals surface area contributed by atoms with Gasteiger partial charge in [-0.15, -0.1) is 0 Å². The van der Waals surface area contributed by atoms with E-state index in [0.717, 1.165) is 10.6 Å². The number of carbonyl (C=O) groups is 1. The van der Waals surface area contributed by atoms with Crippen molar-refractivity contribution in [3.63, 3.8) is 0 Å². The number of nitrogens with one attached hydrogen (secondary N) is 1. The van der Waals surface area contributed by atoms with Crippen molar-refractivity contribution in [1.82, 2.24) is 0 Å². The van der Waals surface area contributed by atoms with Crippen LogP contribution in [0.2, 0.25) is 5.02 Å². The number of amides is 1. The normalized spacial score (nSPS) is 12.1. The fourth-order valence-electron chi connectivity index (χ4n) is 2.77. The highest BCUT2D eigenvalue weighted by Crippen LogP contribution is 2.35. The number of hydrogen-bond acceptors (Lipinski definition) is 6. The number of anilines is 2. The zero-order chi connectivity index (χ0) is 21.8. The number of halogens is 1. The first-order chi connectivity index (χ1) is 13.6. The number of rotatable bonds is 8. The van der Waals surface area contributed by atoms with Crippen LogP contribution in [0.25, 0.3) is 0 Å². The van der Waals surface area contributed by atoms with E-state index in [1.807, 2.05) is 0 Å². The third-order valence-electron chi connectivity index (χ3n) is 4.13. The SMILES string of the molecule is COc1ccc(OC)c(N([C@@H](C)C(=O)Nc2cc(Cl)ccc2OC)S(C)(=O)=O)c1. The molecule has 0 bridgehead atoms. The largest absolute Gasteiger partial charge is 0.497 e. The molecule has 0 aromatic heterocycles. The number of hydrogen-bond donors (Lipinski definition) is 1. The lowest BCUT2D eigenvalue weighted by Gasteiger charge is -2.29. The number of ether oxygens (including phenoxy) is 3. The fourth-order valence-corrected chi connectivity index (χ4v) is 4.11. The van der Waals surface area contributed by atoms with Gasteiger partial charge >= 0.3 is 0 Å². The van der Waals surface area contributed by atoms with Crippen LogP contribution in [0.3, 0.4) is 0 Å². The van der Waals surface area contributed by atoms with Crippen LogP contribution >= 0.6 is 11.6 Å². The molecule has 0 radical (unpaired) electrons. The van der Waals surface area contributed by atoms with Crippen LogP contribution < -0.4 is 23.8 Å². The highest BCUT2D eigenvalue weighted by molar-refractivity contribution is 7.92. The fraction of sp³-hybridized carbons (Fsp3) is 0.316. The molecule has 1 atom stereocenters. The van der Waals surface area contributed by atoms with E-state index in [9.17, 15) is 13.2 Å². The Bertz CT molecular complexity index is 996. The van der Waals surface area contributed by atoms with Crippen molar-refractivity contribution in [2.45, 2.75) is 13.0 Å². The molecule has 0 unspecified atom stereocenters. The lowest BCUT2D eigenvalue weighted by Crippen LogP contribution is -2.45. The molecule has 8 nitrogen and oxygen atoms in total. The minimum atomic E-state index is -3.86. The highest BCUT2D eigenvalue weighted by atomic mass is 35.5. The Hall–Kier alpha value is -2.65. The van der Waals surface area contributed by atoms with Crippen molar-refractivity contribution < 1.29 is 27.4 Å². The topological polar surface area (TPSA) is 94.2 Å². The van der Waals surface area contributed by atoms with Gasteiger partial charge in [0.2, 0.25) is 15.9 Å². The molecule has 0 aliphatic carbocycles. The Morgan fingerprint density at radius 1 is 1.03 bits per heavy atom. The van der Waals surface area contributed by atoms with Gasteiger partial charge in [0.15, 0.2) is 0 Å². The average Bonchev–Trinajstić information content (AvgIpc) is 2.67. The first-order valence-corrected chi connectivity index (χ1v) is 10.7. The lowest BCUT2D eigenvalue weighted by atomic mass is 10.2. The molecular weight excluding hydrogens is 420 g/mol. The summed E-state index contributed by atoms with van der Waals surface area (Å²) < 4.78 is 41.8. The molecule has 1 amide bonds. The summed E-state index contributed by atoms with van der Waals surface area (Å²) in [5.41, 5.74) is 0.498. The molecule has 10 heteroatoms. The summed E-state index contributed by atoms with van der Waals surface area (Å²) in [5, 5.41) is 3.06. The molecule has 0 saturated carbocycles. The number of nitrogens with zero attached hydrogens (tertiary/aromatic N) is 1. The van der Waals surface area contributed by atoms with E-state index in [4.69, 9.17) is 25.8 Å². The van der Waals surface area contributed by atoms with Crippen molar-refractivity contribution in [2.24, 2.45) is 0 Å². The van der Waals surface area contributed by atoms with Gasteiger partial charge in [0.25, 0.3) is 0 Å². The Labute approximate surface area is 175 Å². The molecule has 2 aromatic carbocycles. The first-order valence-electron chi connectivity index (χ1n) is 8.48. The van der Waals surface area contributed by atoms with Gasteiger partial charge in [-0.3, -0.25) is 9.10 Å². The van der Waals surface area contributed by atoms with E-state index >= 15 is 0 Å². The Kier molecular flexibility index (Phi) is 7.21. The molecule has 158 valence electrons. The lowest BCUT2D eigenvalue weighted by molar-refractivity contribution is -0.116. The van der Waals surface area contributed by atoms with Gasteiger partial charge in [0.05, 0.1) is 39.0 Å². The molecule has 0 heterocycles. The second-order valence-corrected chi connectivity index (χ2v) is 8.40. The van der Waals surface area contributed by atoms with E-state index in [0.29, 0.717) is 22.2 Å². The van der Waals surface area contributed by atoms with Crippen molar-refractivity contribution in [2.75, 3.05) is 37.2 Å². The number of methoxy groups -OCH3 is 3. The van der Waals surface area contributed by atoms with Crippen LogP contribution in [-0.4, -0.2) is 48.0 Å². The summed E-state index contributed by atoms with van der Waals surface area (Å²) in [6, 6.07) is 8.30. The summed E-state index contributed by atoms with van der Waals surface area (Å²) in [5.74, 6) is 0.496. The van der Waals surface area contributed by atoms with Gasteiger partial charge in [0, 0.05) is 11.1 Å². The molecular formula is C19H23ClN2O6S. The number of sulfonamides is 1. The van der Waals surface area contributed by atoms with Gasteiger partial charge in [-0.05, 0) is 37.3 Å². The quantitative estimate of drug-likeness (QED) is 0.674. The van der Waals surface area contributed by atoms with Gasteiger partial charge in [-0.2, -0.15) is 0 Å². The zero-order valence-electron chi connectivity index (χ0n) is 16.7. The van der Waals surface area contributed by atoms with Crippen LogP contribution in [0.1, 0.15) is 6.92 Å². The van der Waals surface area contributed by atoms with Crippen LogP contribution in [-0.2, 0) is 14.8 Å². The summed E-state index contributed by atoms with van der Waals surface area (Å²) in [6.07, 6.45) is 1.01. The monoisotopic (exact) mass is 442 g/mol. The van der Waals surface area contributed by atoms with E-state index in [2.05, 4.69) is 5.32 Å². The number of benzene rings is 2. The standard InChI is InChI=1S/C19H23ClN2O6S/c1-12(19(23)21-15-10-13(20)6-8-17(15)27-3)22(29(5,24)25)16-11-14(26-2)7-9-18(16)28-4/h6-12H,1-5H3,(H,21,23)/t12-/m0/s1. The maximum atomic E-state index is 12.9. The predicted octanol–water partition coefficient (Wildman–Crippen LogP) is 3.16. The minimum Gasteiger partial charge on any atom is -0.497 e. The number of carbonyl (C=O) groups excluding carboxylic acids is 1. The van der Waals surface area contributed by atoms with Crippen molar-refractivity contribution in [3.8, 4) is 17.2 Å². The summed E-state index contributed by atoms with van der Waals surface area (Å²) in [7, 11) is 0.461. The van der Waals surface area contributed by atoms with Crippen LogP contribution in [0.15, 0.2) is 36.4 Å². The molecule has 0 fully saturated rings. The Morgan fingerprint density at radius 3 is 2.21 bits per heavy atom. The molecule has 2 aromatic rings. The van der Waals surface area contributed by atoms with Crippen molar-refractivity contribution in [1.29, 1.82) is 0 Å². The van der Waals surface area contributed by atoms with Crippen LogP contribution in [0, 0.1) is 0 Å². The van der Waals surface area contributed by atoms with Crippen LogP contribution in [0.5, 0.6) is 17.2 Å². The van der Waals surface area contributed by atoms with E-state index in [-0.39, 0.29) is 11.4 Å². The molecule has 2 rings (SSSR count). The molecule has 0 aliphatic rings. The van der Waals surface area contributed by atoms with Crippen molar-refractivity contribution in [3.05, 3.63) is 41.4 Å². The third-order valence-corrected chi connectivity index (χ3v) is 5.59. The molecule has 0 spiro atoms. The maximum Gasteiger partial charge on any atom is 0.248 e. The second kappa shape index (κ2) is 9.23. The van der Waals surface area contributed by atoms with E-state index in [1.54, 1.807) is 24.3 Å². The molecule has 0 saturated heterocycles. The summed E-state index contributed by atoms with van der Waals surface area (Å²) >= 11 is 6.00. The van der Waals surface area contributed by atoms with Gasteiger partial charge in [-0.25, -0.2) is 8.42 Å². The summed E-state index contributed by atoms with van der Waals surface area (Å²) in [6.45, 7) is 1.46. The minimum absolute atomic E-state index is 0.176. The molecule has 1 N–H and O–H groups in total. The third kappa shape index (κ3) is 5.24. The van der Waals surface area contributed by atoms with Crippen LogP contribution in [0.4, 0.5) is 11.4 Å². The van der Waals surface area contributed by atoms with Gasteiger partial charge in [0.1, 0.15) is 23.3 Å². The van der Waals surface area contributed by atoms with E-state index < -0.39 is 22.0 Å². The highest BCUT2D eigenvalue weighted by Gasteiger charge is 2.32. The first kappa shape index (κ1) is 22.6. The average molecular weight is 443 g/mol.